The van der Waals surface area contributed by atoms with Gasteiger partial charge in [0.25, 0.3) is 5.91 Å². The summed E-state index contributed by atoms with van der Waals surface area (Å²) in [5, 5.41) is 5.89. The number of carbonyl (C=O) groups is 1. The third kappa shape index (κ3) is 5.94. The Bertz CT molecular complexity index is 822. The molecular weight excluding hydrogens is 376 g/mol. The minimum absolute atomic E-state index is 0.157. The third-order valence-electron chi connectivity index (χ3n) is 4.19. The molecule has 6 nitrogen and oxygen atoms in total. The lowest BCUT2D eigenvalue weighted by molar-refractivity contribution is 0.0680. The van der Waals surface area contributed by atoms with Crippen LogP contribution in [0.2, 0.25) is 0 Å². The molecule has 1 fully saturated rings. The highest BCUT2D eigenvalue weighted by atomic mass is 32.1. The minimum Gasteiger partial charge on any atom is -0.494 e. The Morgan fingerprint density at radius 1 is 1.18 bits per heavy atom. The summed E-state index contributed by atoms with van der Waals surface area (Å²) in [7, 11) is 0. The van der Waals surface area contributed by atoms with E-state index in [0.29, 0.717) is 24.5 Å². The van der Waals surface area contributed by atoms with Crippen molar-refractivity contribution in [2.45, 2.75) is 25.9 Å². The Kier molecular flexibility index (Phi) is 7.22. The van der Waals surface area contributed by atoms with E-state index in [-0.39, 0.29) is 17.1 Å². The van der Waals surface area contributed by atoms with Gasteiger partial charge >= 0.3 is 0 Å². The topological polar surface area (TPSA) is 68.8 Å². The number of thiocarbonyl (C=S) groups is 1. The first-order valence-electron chi connectivity index (χ1n) is 9.33. The summed E-state index contributed by atoms with van der Waals surface area (Å²) in [5.74, 6) is 1.06. The summed E-state index contributed by atoms with van der Waals surface area (Å²) in [6.45, 7) is 3.76. The van der Waals surface area contributed by atoms with E-state index in [9.17, 15) is 4.79 Å². The van der Waals surface area contributed by atoms with Gasteiger partial charge in [0.05, 0.1) is 12.7 Å². The van der Waals surface area contributed by atoms with Gasteiger partial charge in [-0.05, 0) is 62.3 Å². The number of anilines is 1. The molecule has 1 unspecified atom stereocenters. The van der Waals surface area contributed by atoms with E-state index in [2.05, 4.69) is 10.6 Å². The molecule has 1 aliphatic rings. The fourth-order valence-electron chi connectivity index (χ4n) is 2.86. The van der Waals surface area contributed by atoms with Crippen LogP contribution in [0, 0.1) is 0 Å². The van der Waals surface area contributed by atoms with Crippen LogP contribution in [-0.2, 0) is 4.74 Å². The highest BCUT2D eigenvalue weighted by molar-refractivity contribution is 7.80. The molecule has 0 spiro atoms. The van der Waals surface area contributed by atoms with Crippen LogP contribution in [0.1, 0.15) is 30.1 Å². The second-order valence-electron chi connectivity index (χ2n) is 6.34. The summed E-state index contributed by atoms with van der Waals surface area (Å²) in [5.41, 5.74) is 1.21. The van der Waals surface area contributed by atoms with Gasteiger partial charge in [-0.3, -0.25) is 10.1 Å². The lowest BCUT2D eigenvalue weighted by Gasteiger charge is -2.13. The second-order valence-corrected chi connectivity index (χ2v) is 6.75. The largest absolute Gasteiger partial charge is 0.494 e. The van der Waals surface area contributed by atoms with E-state index in [1.165, 1.54) is 0 Å². The molecule has 1 amide bonds. The standard InChI is InChI=1S/C21H24N2O4S/c1-2-25-17-8-3-6-15(12-17)20(24)23-21(28)22-16-7-4-9-18(13-16)27-14-19-10-5-11-26-19/h3-4,6-9,12-13,19H,2,5,10-11,14H2,1H3,(H2,22,23,24,28). The van der Waals surface area contributed by atoms with Crippen molar-refractivity contribution in [2.75, 3.05) is 25.1 Å². The molecule has 1 atom stereocenters. The van der Waals surface area contributed by atoms with Crippen LogP contribution in [0.5, 0.6) is 11.5 Å². The SMILES string of the molecule is CCOc1cccc(C(=O)NC(=S)Nc2cccc(OCC3CCCO3)c2)c1. The Balaban J connectivity index is 1.53. The summed E-state index contributed by atoms with van der Waals surface area (Å²) >= 11 is 5.26. The average molecular weight is 401 g/mol. The van der Waals surface area contributed by atoms with Crippen LogP contribution in [0.4, 0.5) is 5.69 Å². The monoisotopic (exact) mass is 400 g/mol. The van der Waals surface area contributed by atoms with Gasteiger partial charge in [-0.2, -0.15) is 0 Å². The Morgan fingerprint density at radius 2 is 1.96 bits per heavy atom. The molecule has 1 heterocycles. The molecule has 0 aliphatic carbocycles. The number of nitrogens with one attached hydrogen (secondary N) is 2. The molecule has 7 heteroatoms. The predicted octanol–water partition coefficient (Wildman–Crippen LogP) is 3.77. The quantitative estimate of drug-likeness (QED) is 0.690. The molecule has 2 aromatic rings. The Morgan fingerprint density at radius 3 is 2.71 bits per heavy atom. The highest BCUT2D eigenvalue weighted by Gasteiger charge is 2.16. The fourth-order valence-corrected chi connectivity index (χ4v) is 3.07. The molecule has 0 aromatic heterocycles. The molecule has 1 aliphatic heterocycles. The van der Waals surface area contributed by atoms with Crippen molar-refractivity contribution in [1.82, 2.24) is 5.32 Å². The first kappa shape index (κ1) is 20.1. The first-order chi connectivity index (χ1) is 13.6. The highest BCUT2D eigenvalue weighted by Crippen LogP contribution is 2.20. The maximum atomic E-state index is 12.4. The summed E-state index contributed by atoms with van der Waals surface area (Å²) in [6, 6.07) is 14.4. The zero-order valence-corrected chi connectivity index (χ0v) is 16.6. The summed E-state index contributed by atoms with van der Waals surface area (Å²) in [6.07, 6.45) is 2.26. The molecule has 1 saturated heterocycles. The van der Waals surface area contributed by atoms with Crippen LogP contribution in [0.3, 0.4) is 0 Å². The molecule has 3 rings (SSSR count). The van der Waals surface area contributed by atoms with Crippen LogP contribution in [-0.4, -0.2) is 36.9 Å². The van der Waals surface area contributed by atoms with Gasteiger partial charge in [0.1, 0.15) is 18.1 Å². The maximum Gasteiger partial charge on any atom is 0.257 e. The van der Waals surface area contributed by atoms with Crippen LogP contribution in [0.15, 0.2) is 48.5 Å². The summed E-state index contributed by atoms with van der Waals surface area (Å²) in [4.78, 5) is 12.4. The van der Waals surface area contributed by atoms with Crippen molar-refractivity contribution >= 4 is 28.9 Å². The number of benzene rings is 2. The normalized spacial score (nSPS) is 15.7. The molecule has 0 radical (unpaired) electrons. The summed E-state index contributed by atoms with van der Waals surface area (Å²) < 4.78 is 16.8. The van der Waals surface area contributed by atoms with Crippen molar-refractivity contribution in [3.8, 4) is 11.5 Å². The molecule has 2 N–H and O–H groups in total. The van der Waals surface area contributed by atoms with Gasteiger partial charge < -0.3 is 19.5 Å². The number of hydrogen-bond acceptors (Lipinski definition) is 5. The van der Waals surface area contributed by atoms with Gasteiger partial charge in [-0.15, -0.1) is 0 Å². The lowest BCUT2D eigenvalue weighted by atomic mass is 10.2. The van der Waals surface area contributed by atoms with Gasteiger partial charge in [-0.25, -0.2) is 0 Å². The molecule has 28 heavy (non-hydrogen) atoms. The number of amides is 1. The van der Waals surface area contributed by atoms with Crippen LogP contribution < -0.4 is 20.1 Å². The first-order valence-corrected chi connectivity index (χ1v) is 9.74. The molecule has 0 saturated carbocycles. The van der Waals surface area contributed by atoms with E-state index in [1.807, 2.05) is 31.2 Å². The third-order valence-corrected chi connectivity index (χ3v) is 4.39. The molecular formula is C21H24N2O4S. The van der Waals surface area contributed by atoms with E-state index >= 15 is 0 Å². The van der Waals surface area contributed by atoms with Crippen molar-refractivity contribution in [3.63, 3.8) is 0 Å². The second kappa shape index (κ2) is 10.1. The Hall–Kier alpha value is -2.64. The lowest BCUT2D eigenvalue weighted by Crippen LogP contribution is -2.34. The molecule has 0 bridgehead atoms. The van der Waals surface area contributed by atoms with E-state index < -0.39 is 0 Å². The van der Waals surface area contributed by atoms with Gasteiger partial charge in [0, 0.05) is 23.9 Å². The van der Waals surface area contributed by atoms with Crippen LogP contribution >= 0.6 is 12.2 Å². The van der Waals surface area contributed by atoms with Crippen molar-refractivity contribution in [2.24, 2.45) is 0 Å². The maximum absolute atomic E-state index is 12.4. The van der Waals surface area contributed by atoms with Gasteiger partial charge in [0.2, 0.25) is 0 Å². The minimum atomic E-state index is -0.301. The smallest absolute Gasteiger partial charge is 0.257 e. The van der Waals surface area contributed by atoms with Gasteiger partial charge in [0.15, 0.2) is 5.11 Å². The van der Waals surface area contributed by atoms with Crippen molar-refractivity contribution < 1.29 is 19.0 Å². The van der Waals surface area contributed by atoms with Gasteiger partial charge in [-0.1, -0.05) is 12.1 Å². The Labute approximate surface area is 170 Å². The number of rotatable bonds is 7. The van der Waals surface area contributed by atoms with Crippen molar-refractivity contribution in [1.29, 1.82) is 0 Å². The zero-order valence-electron chi connectivity index (χ0n) is 15.8. The number of carbonyl (C=O) groups excluding carboxylic acids is 1. The van der Waals surface area contributed by atoms with Crippen LogP contribution in [0.25, 0.3) is 0 Å². The average Bonchev–Trinajstić information content (AvgIpc) is 3.21. The molecule has 2 aromatic carbocycles. The number of ether oxygens (including phenoxy) is 3. The van der Waals surface area contributed by atoms with E-state index in [4.69, 9.17) is 26.4 Å². The predicted molar refractivity (Wildman–Crippen MR) is 112 cm³/mol. The van der Waals surface area contributed by atoms with E-state index in [1.54, 1.807) is 24.3 Å². The molecule has 148 valence electrons. The number of hydrogen-bond donors (Lipinski definition) is 2. The zero-order chi connectivity index (χ0) is 19.8. The van der Waals surface area contributed by atoms with E-state index in [0.717, 1.165) is 30.9 Å². The van der Waals surface area contributed by atoms with Crippen molar-refractivity contribution in [3.05, 3.63) is 54.1 Å². The fraction of sp³-hybridized carbons (Fsp3) is 0.333.